The van der Waals surface area contributed by atoms with E-state index in [0.29, 0.717) is 34.4 Å². The number of nitriles is 1. The van der Waals surface area contributed by atoms with Gasteiger partial charge in [-0.1, -0.05) is 65.7 Å². The number of rotatable bonds is 5. The van der Waals surface area contributed by atoms with Crippen LogP contribution in [-0.4, -0.2) is 22.5 Å². The van der Waals surface area contributed by atoms with E-state index >= 15 is 0 Å². The monoisotopic (exact) mass is 493 g/mol. The van der Waals surface area contributed by atoms with Crippen LogP contribution in [0.5, 0.6) is 0 Å². The number of benzene rings is 3. The van der Waals surface area contributed by atoms with Crippen molar-refractivity contribution >= 4 is 52.1 Å². The van der Waals surface area contributed by atoms with Crippen LogP contribution in [0.15, 0.2) is 72.8 Å². The molecule has 7 heteroatoms. The van der Waals surface area contributed by atoms with E-state index in [0.717, 1.165) is 11.1 Å². The molecule has 1 heterocycles. The van der Waals surface area contributed by atoms with Crippen molar-refractivity contribution in [3.8, 4) is 6.07 Å². The fraction of sp³-hybridized carbons (Fsp3) is 0.192. The highest BCUT2D eigenvalue weighted by Crippen LogP contribution is 2.33. The Morgan fingerprint density at radius 2 is 1.79 bits per heavy atom. The van der Waals surface area contributed by atoms with Gasteiger partial charge in [0.05, 0.1) is 28.2 Å². The minimum atomic E-state index is -0.321. The zero-order valence-electron chi connectivity index (χ0n) is 17.9. The molecule has 0 N–H and O–H groups in total. The first-order valence-corrected chi connectivity index (χ1v) is 11.7. The number of nitrogens with zero attached hydrogens (tertiary/aromatic N) is 3. The average molecular weight is 494 g/mol. The lowest BCUT2D eigenvalue weighted by Crippen LogP contribution is -2.57. The minimum Gasteiger partial charge on any atom is -0.341 e. The lowest BCUT2D eigenvalue weighted by atomic mass is 9.94. The highest BCUT2D eigenvalue weighted by Gasteiger charge is 2.39. The molecule has 0 radical (unpaired) electrons. The summed E-state index contributed by atoms with van der Waals surface area (Å²) in [6.45, 7) is 2.58. The second-order valence-corrected chi connectivity index (χ2v) is 9.21. The summed E-state index contributed by atoms with van der Waals surface area (Å²) in [4.78, 5) is 17.3. The number of amides is 1. The Morgan fingerprint density at radius 1 is 1.09 bits per heavy atom. The quantitative estimate of drug-likeness (QED) is 0.384. The van der Waals surface area contributed by atoms with E-state index < -0.39 is 0 Å². The Balaban J connectivity index is 1.72. The number of hydrogen-bond acceptors (Lipinski definition) is 3. The van der Waals surface area contributed by atoms with E-state index in [1.165, 1.54) is 0 Å². The number of carbonyl (C=O) groups is 1. The van der Waals surface area contributed by atoms with Crippen molar-refractivity contribution < 1.29 is 4.79 Å². The molecular formula is C26H21Cl2N3OS. The molecule has 1 amide bonds. The Morgan fingerprint density at radius 3 is 2.42 bits per heavy atom. The van der Waals surface area contributed by atoms with Gasteiger partial charge in [0.1, 0.15) is 6.07 Å². The number of thiocarbonyl (C=S) groups is 1. The molecule has 33 heavy (non-hydrogen) atoms. The lowest BCUT2D eigenvalue weighted by Gasteiger charge is -2.44. The van der Waals surface area contributed by atoms with Gasteiger partial charge in [0, 0.05) is 11.6 Å². The zero-order chi connectivity index (χ0) is 23.5. The van der Waals surface area contributed by atoms with Crippen molar-refractivity contribution in [2.75, 3.05) is 11.4 Å². The van der Waals surface area contributed by atoms with E-state index in [1.807, 2.05) is 42.5 Å². The Bertz CT molecular complexity index is 1220. The van der Waals surface area contributed by atoms with Crippen LogP contribution in [0, 0.1) is 17.2 Å². The van der Waals surface area contributed by atoms with Gasteiger partial charge in [0.15, 0.2) is 5.11 Å². The van der Waals surface area contributed by atoms with Gasteiger partial charge in [-0.25, -0.2) is 0 Å². The summed E-state index contributed by atoms with van der Waals surface area (Å²) in [7, 11) is 0. The highest BCUT2D eigenvalue weighted by atomic mass is 35.5. The predicted octanol–water partition coefficient (Wildman–Crippen LogP) is 6.42. The fourth-order valence-electron chi connectivity index (χ4n) is 4.06. The molecular weight excluding hydrogens is 473 g/mol. The molecule has 0 aromatic heterocycles. The molecule has 4 rings (SSSR count). The second-order valence-electron chi connectivity index (χ2n) is 8.00. The fourth-order valence-corrected chi connectivity index (χ4v) is 4.83. The summed E-state index contributed by atoms with van der Waals surface area (Å²) in [5, 5.41) is 10.6. The van der Waals surface area contributed by atoms with E-state index in [-0.39, 0.29) is 22.9 Å². The molecule has 0 unspecified atom stereocenters. The topological polar surface area (TPSA) is 47.3 Å². The van der Waals surface area contributed by atoms with Gasteiger partial charge in [0.2, 0.25) is 5.91 Å². The maximum atomic E-state index is 13.7. The van der Waals surface area contributed by atoms with Crippen LogP contribution in [-0.2, 0) is 11.2 Å². The predicted molar refractivity (Wildman–Crippen MR) is 136 cm³/mol. The third-order valence-corrected chi connectivity index (χ3v) is 6.88. The van der Waals surface area contributed by atoms with Gasteiger partial charge in [-0.3, -0.25) is 9.69 Å². The van der Waals surface area contributed by atoms with Crippen molar-refractivity contribution in [3.05, 3.63) is 99.5 Å². The van der Waals surface area contributed by atoms with Crippen LogP contribution in [0.2, 0.25) is 10.0 Å². The SMILES string of the molecule is C[C@@H](c1ccccc1)N1C[C@H](Cc2ccc(Cl)cc2)C(=O)N(c2ccc(C#N)c(Cl)c2)C1=S. The van der Waals surface area contributed by atoms with Crippen molar-refractivity contribution in [1.82, 2.24) is 4.90 Å². The maximum Gasteiger partial charge on any atom is 0.238 e. The smallest absolute Gasteiger partial charge is 0.238 e. The van der Waals surface area contributed by atoms with Gasteiger partial charge in [-0.15, -0.1) is 0 Å². The molecule has 3 aromatic carbocycles. The first-order chi connectivity index (χ1) is 15.9. The first-order valence-electron chi connectivity index (χ1n) is 10.5. The number of hydrogen-bond donors (Lipinski definition) is 0. The lowest BCUT2D eigenvalue weighted by molar-refractivity contribution is -0.123. The molecule has 1 saturated heterocycles. The summed E-state index contributed by atoms with van der Waals surface area (Å²) < 4.78 is 0. The van der Waals surface area contributed by atoms with Crippen LogP contribution < -0.4 is 4.90 Å². The van der Waals surface area contributed by atoms with Crippen LogP contribution in [0.4, 0.5) is 5.69 Å². The summed E-state index contributed by atoms with van der Waals surface area (Å²) in [6.07, 6.45) is 0.553. The van der Waals surface area contributed by atoms with E-state index in [4.69, 9.17) is 35.4 Å². The minimum absolute atomic E-state index is 0.0316. The molecule has 1 aliphatic heterocycles. The molecule has 0 aliphatic carbocycles. The zero-order valence-corrected chi connectivity index (χ0v) is 20.2. The average Bonchev–Trinajstić information content (AvgIpc) is 2.82. The summed E-state index contributed by atoms with van der Waals surface area (Å²) in [5.41, 5.74) is 3.04. The number of carbonyl (C=O) groups excluding carboxylic acids is 1. The number of anilines is 1. The Hall–Kier alpha value is -2.91. The molecule has 0 bridgehead atoms. The molecule has 0 saturated carbocycles. The number of halogens is 2. The van der Waals surface area contributed by atoms with Crippen molar-refractivity contribution in [1.29, 1.82) is 5.26 Å². The Kier molecular flexibility index (Phi) is 6.99. The maximum absolute atomic E-state index is 13.7. The van der Waals surface area contributed by atoms with Gasteiger partial charge in [-0.2, -0.15) is 5.26 Å². The van der Waals surface area contributed by atoms with E-state index in [9.17, 15) is 10.1 Å². The van der Waals surface area contributed by atoms with Gasteiger partial charge < -0.3 is 4.90 Å². The molecule has 3 aromatic rings. The van der Waals surface area contributed by atoms with Crippen molar-refractivity contribution in [2.45, 2.75) is 19.4 Å². The van der Waals surface area contributed by atoms with E-state index in [2.05, 4.69) is 30.0 Å². The van der Waals surface area contributed by atoms with Crippen LogP contribution >= 0.6 is 35.4 Å². The van der Waals surface area contributed by atoms with Crippen molar-refractivity contribution in [2.24, 2.45) is 5.92 Å². The van der Waals surface area contributed by atoms with Crippen LogP contribution in [0.1, 0.15) is 29.7 Å². The summed E-state index contributed by atoms with van der Waals surface area (Å²) in [6, 6.07) is 24.6. The third kappa shape index (κ3) is 4.89. The highest BCUT2D eigenvalue weighted by molar-refractivity contribution is 7.80. The molecule has 4 nitrogen and oxygen atoms in total. The summed E-state index contributed by atoms with van der Waals surface area (Å²) in [5.74, 6) is -0.411. The molecule has 2 atom stereocenters. The van der Waals surface area contributed by atoms with Gasteiger partial charge >= 0.3 is 0 Å². The summed E-state index contributed by atoms with van der Waals surface area (Å²) >= 11 is 18.2. The first kappa shape index (κ1) is 23.3. The van der Waals surface area contributed by atoms with Crippen LogP contribution in [0.25, 0.3) is 0 Å². The van der Waals surface area contributed by atoms with Crippen LogP contribution in [0.3, 0.4) is 0 Å². The second kappa shape index (κ2) is 9.93. The standard InChI is InChI=1S/C26H21Cl2N3OS/c1-17(19-5-3-2-4-6-19)30-16-21(13-18-7-10-22(27)11-8-18)25(32)31(26(30)33)23-12-9-20(15-29)24(28)14-23/h2-12,14,17,21H,13,16H2,1H3/t17-,21-/m0/s1. The molecule has 1 aliphatic rings. The molecule has 1 fully saturated rings. The third-order valence-electron chi connectivity index (χ3n) is 5.90. The van der Waals surface area contributed by atoms with Gasteiger partial charge in [-0.05, 0) is 67.0 Å². The Labute approximate surface area is 208 Å². The molecule has 0 spiro atoms. The van der Waals surface area contributed by atoms with E-state index in [1.54, 1.807) is 23.1 Å². The largest absolute Gasteiger partial charge is 0.341 e. The van der Waals surface area contributed by atoms with Crippen molar-refractivity contribution in [3.63, 3.8) is 0 Å². The van der Waals surface area contributed by atoms with Gasteiger partial charge in [0.25, 0.3) is 0 Å². The molecule has 166 valence electrons. The normalized spacial score (nSPS) is 17.1.